The highest BCUT2D eigenvalue weighted by Gasteiger charge is 2.26. The van der Waals surface area contributed by atoms with Gasteiger partial charge in [-0.2, -0.15) is 5.10 Å². The zero-order valence-electron chi connectivity index (χ0n) is 15.5. The molecule has 1 aromatic heterocycles. The quantitative estimate of drug-likeness (QED) is 0.815. The molecular formula is C19H24N4O4. The lowest BCUT2D eigenvalue weighted by atomic mass is 10.1. The second-order valence-electron chi connectivity index (χ2n) is 6.77. The first kappa shape index (κ1) is 19.1. The van der Waals surface area contributed by atoms with Gasteiger partial charge in [0.2, 0.25) is 0 Å². The predicted molar refractivity (Wildman–Crippen MR) is 99.1 cm³/mol. The Kier molecular flexibility index (Phi) is 5.88. The van der Waals surface area contributed by atoms with Crippen LogP contribution in [0, 0.1) is 6.92 Å². The van der Waals surface area contributed by atoms with Gasteiger partial charge in [-0.1, -0.05) is 0 Å². The van der Waals surface area contributed by atoms with Gasteiger partial charge < -0.3 is 14.7 Å². The van der Waals surface area contributed by atoms with Crippen LogP contribution in [0.15, 0.2) is 36.5 Å². The first-order chi connectivity index (χ1) is 12.9. The van der Waals surface area contributed by atoms with Gasteiger partial charge in [-0.25, -0.2) is 4.68 Å². The largest absolute Gasteiger partial charge is 0.480 e. The Morgan fingerprint density at radius 1 is 1.30 bits per heavy atom. The van der Waals surface area contributed by atoms with E-state index in [4.69, 9.17) is 9.84 Å². The van der Waals surface area contributed by atoms with E-state index >= 15 is 0 Å². The molecule has 0 saturated carbocycles. The summed E-state index contributed by atoms with van der Waals surface area (Å²) < 4.78 is 7.50. The average Bonchev–Trinajstić information content (AvgIpc) is 3.06. The van der Waals surface area contributed by atoms with E-state index in [-0.39, 0.29) is 18.6 Å². The van der Waals surface area contributed by atoms with Gasteiger partial charge >= 0.3 is 5.97 Å². The molecule has 1 aliphatic rings. The van der Waals surface area contributed by atoms with Crippen molar-refractivity contribution >= 4 is 11.9 Å². The molecule has 0 spiro atoms. The number of nitrogens with zero attached hydrogens (tertiary/aromatic N) is 4. The molecule has 8 heteroatoms. The molecule has 1 aliphatic heterocycles. The van der Waals surface area contributed by atoms with Crippen molar-refractivity contribution in [2.24, 2.45) is 0 Å². The Hall–Kier alpha value is -2.71. The Morgan fingerprint density at radius 2 is 2.04 bits per heavy atom. The van der Waals surface area contributed by atoms with Crippen molar-refractivity contribution in [2.45, 2.75) is 13.0 Å². The number of aromatic nitrogens is 2. The minimum absolute atomic E-state index is 0.0482. The van der Waals surface area contributed by atoms with E-state index in [9.17, 15) is 9.59 Å². The van der Waals surface area contributed by atoms with Crippen LogP contribution < -0.4 is 0 Å². The van der Waals surface area contributed by atoms with E-state index in [1.54, 1.807) is 35.2 Å². The summed E-state index contributed by atoms with van der Waals surface area (Å²) in [5, 5.41) is 13.1. The smallest absolute Gasteiger partial charge is 0.317 e. The third-order valence-electron chi connectivity index (χ3n) is 4.54. The minimum Gasteiger partial charge on any atom is -0.480 e. The molecule has 144 valence electrons. The van der Waals surface area contributed by atoms with Crippen LogP contribution in [0.3, 0.4) is 0 Å². The molecule has 1 aromatic carbocycles. The number of carbonyl (C=O) groups is 2. The average molecular weight is 372 g/mol. The Labute approximate surface area is 157 Å². The van der Waals surface area contributed by atoms with Crippen molar-refractivity contribution in [3.8, 4) is 5.69 Å². The normalized spacial score (nSPS) is 17.3. The van der Waals surface area contributed by atoms with Gasteiger partial charge in [-0.15, -0.1) is 0 Å². The Morgan fingerprint density at radius 3 is 2.67 bits per heavy atom. The summed E-state index contributed by atoms with van der Waals surface area (Å²) in [5.74, 6) is -0.929. The summed E-state index contributed by atoms with van der Waals surface area (Å²) in [6.07, 6.45) is 1.54. The summed E-state index contributed by atoms with van der Waals surface area (Å²) in [4.78, 5) is 27.0. The standard InChI is InChI=1S/C19H24N4O4/c1-14-7-8-20-23(14)16-5-3-15(4-6-16)19(26)22-9-10-27-17(12-22)11-21(2)13-18(24)25/h3-8,17H,9-13H2,1-2H3,(H,24,25). The molecule has 2 aromatic rings. The van der Waals surface area contributed by atoms with Crippen LogP contribution >= 0.6 is 0 Å². The summed E-state index contributed by atoms with van der Waals surface area (Å²) in [5.41, 5.74) is 2.54. The molecule has 3 rings (SSSR count). The number of likely N-dealkylation sites (N-methyl/N-ethyl adjacent to an activating group) is 1. The van der Waals surface area contributed by atoms with Crippen LogP contribution in [0.1, 0.15) is 16.1 Å². The van der Waals surface area contributed by atoms with Gasteiger partial charge in [0.1, 0.15) is 0 Å². The number of hydrogen-bond donors (Lipinski definition) is 1. The van der Waals surface area contributed by atoms with Gasteiger partial charge in [0.25, 0.3) is 5.91 Å². The van der Waals surface area contributed by atoms with E-state index in [2.05, 4.69) is 5.10 Å². The molecule has 0 radical (unpaired) electrons. The Bertz CT molecular complexity index is 802. The fourth-order valence-corrected chi connectivity index (χ4v) is 3.22. The predicted octanol–water partition coefficient (Wildman–Crippen LogP) is 1.04. The lowest BCUT2D eigenvalue weighted by molar-refractivity contribution is -0.138. The van der Waals surface area contributed by atoms with Crippen molar-refractivity contribution in [3.63, 3.8) is 0 Å². The molecule has 1 saturated heterocycles. The van der Waals surface area contributed by atoms with E-state index < -0.39 is 5.97 Å². The van der Waals surface area contributed by atoms with Crippen molar-refractivity contribution in [1.82, 2.24) is 19.6 Å². The summed E-state index contributed by atoms with van der Waals surface area (Å²) in [6, 6.07) is 9.30. The van der Waals surface area contributed by atoms with Crippen molar-refractivity contribution in [2.75, 3.05) is 39.8 Å². The summed E-state index contributed by atoms with van der Waals surface area (Å²) >= 11 is 0. The number of benzene rings is 1. The summed E-state index contributed by atoms with van der Waals surface area (Å²) in [6.45, 7) is 3.81. The zero-order chi connectivity index (χ0) is 19.4. The first-order valence-electron chi connectivity index (χ1n) is 8.86. The highest BCUT2D eigenvalue weighted by atomic mass is 16.5. The fraction of sp³-hybridized carbons (Fsp3) is 0.421. The molecule has 2 heterocycles. The topological polar surface area (TPSA) is 87.9 Å². The van der Waals surface area contributed by atoms with E-state index in [1.165, 1.54) is 0 Å². The molecule has 1 amide bonds. The molecule has 0 aliphatic carbocycles. The molecule has 0 bridgehead atoms. The number of ether oxygens (including phenoxy) is 1. The third-order valence-corrected chi connectivity index (χ3v) is 4.54. The van der Waals surface area contributed by atoms with Crippen molar-refractivity contribution in [3.05, 3.63) is 47.8 Å². The number of aliphatic carboxylic acids is 1. The lowest BCUT2D eigenvalue weighted by Gasteiger charge is -2.34. The highest BCUT2D eigenvalue weighted by molar-refractivity contribution is 5.94. The maximum atomic E-state index is 12.8. The zero-order valence-corrected chi connectivity index (χ0v) is 15.5. The minimum atomic E-state index is -0.881. The maximum Gasteiger partial charge on any atom is 0.317 e. The van der Waals surface area contributed by atoms with Gasteiger partial charge in [0.15, 0.2) is 0 Å². The number of carboxylic acid groups (broad SMARTS) is 1. The van der Waals surface area contributed by atoms with Crippen LogP contribution in [-0.4, -0.2) is 82.5 Å². The van der Waals surface area contributed by atoms with Crippen LogP contribution in [0.25, 0.3) is 5.69 Å². The van der Waals surface area contributed by atoms with Crippen molar-refractivity contribution in [1.29, 1.82) is 0 Å². The van der Waals surface area contributed by atoms with Gasteiger partial charge in [-0.05, 0) is 44.3 Å². The number of morpholine rings is 1. The van der Waals surface area contributed by atoms with Crippen LogP contribution in [0.2, 0.25) is 0 Å². The molecule has 1 N–H and O–H groups in total. The van der Waals surface area contributed by atoms with Gasteiger partial charge in [0.05, 0.1) is 24.9 Å². The number of carbonyl (C=O) groups excluding carboxylic acids is 1. The fourth-order valence-electron chi connectivity index (χ4n) is 3.22. The second kappa shape index (κ2) is 8.32. The number of amides is 1. The molecule has 1 atom stereocenters. The lowest BCUT2D eigenvalue weighted by Crippen LogP contribution is -2.49. The number of hydrogen-bond acceptors (Lipinski definition) is 5. The number of rotatable bonds is 6. The van der Waals surface area contributed by atoms with Crippen LogP contribution in [-0.2, 0) is 9.53 Å². The van der Waals surface area contributed by atoms with Crippen LogP contribution in [0.4, 0.5) is 0 Å². The highest BCUT2D eigenvalue weighted by Crippen LogP contribution is 2.15. The second-order valence-corrected chi connectivity index (χ2v) is 6.77. The number of carboxylic acids is 1. The first-order valence-corrected chi connectivity index (χ1v) is 8.86. The van der Waals surface area contributed by atoms with Crippen LogP contribution in [0.5, 0.6) is 0 Å². The molecule has 1 fully saturated rings. The molecular weight excluding hydrogens is 348 g/mol. The summed E-state index contributed by atoms with van der Waals surface area (Å²) in [7, 11) is 1.73. The van der Waals surface area contributed by atoms with Gasteiger partial charge in [-0.3, -0.25) is 14.5 Å². The van der Waals surface area contributed by atoms with E-state index in [1.807, 2.05) is 29.8 Å². The van der Waals surface area contributed by atoms with E-state index in [0.29, 0.717) is 31.8 Å². The Balaban J connectivity index is 1.63. The molecule has 8 nitrogen and oxygen atoms in total. The number of aryl methyl sites for hydroxylation is 1. The SMILES string of the molecule is Cc1ccnn1-c1ccc(C(=O)N2CCOC(CN(C)CC(=O)O)C2)cc1. The molecule has 1 unspecified atom stereocenters. The van der Waals surface area contributed by atoms with Crippen molar-refractivity contribution < 1.29 is 19.4 Å². The van der Waals surface area contributed by atoms with Gasteiger partial charge in [0, 0.05) is 37.1 Å². The maximum absolute atomic E-state index is 12.8. The van der Waals surface area contributed by atoms with E-state index in [0.717, 1.165) is 11.4 Å². The molecule has 27 heavy (non-hydrogen) atoms. The third kappa shape index (κ3) is 4.72. The monoisotopic (exact) mass is 372 g/mol.